The summed E-state index contributed by atoms with van der Waals surface area (Å²) in [5.41, 5.74) is -0.0365. The van der Waals surface area contributed by atoms with Gasteiger partial charge in [-0.3, -0.25) is 0 Å². The van der Waals surface area contributed by atoms with Crippen molar-refractivity contribution in [1.82, 2.24) is 0 Å². The van der Waals surface area contributed by atoms with Crippen LogP contribution in [0.4, 0.5) is 14.5 Å². The molecular formula is C11H15F2NO3S. The Balaban J connectivity index is 2.94. The van der Waals surface area contributed by atoms with Gasteiger partial charge in [0.1, 0.15) is 0 Å². The highest BCUT2D eigenvalue weighted by Crippen LogP contribution is 2.21. The van der Waals surface area contributed by atoms with E-state index < -0.39 is 26.0 Å². The fraction of sp³-hybridized carbons (Fsp3) is 0.455. The summed E-state index contributed by atoms with van der Waals surface area (Å²) in [5, 5.41) is 12.0. The van der Waals surface area contributed by atoms with E-state index in [1.54, 1.807) is 13.8 Å². The zero-order chi connectivity index (χ0) is 14.0. The van der Waals surface area contributed by atoms with Crippen molar-refractivity contribution in [3.05, 3.63) is 24.3 Å². The predicted molar refractivity (Wildman–Crippen MR) is 64.4 cm³/mol. The predicted octanol–water partition coefficient (Wildman–Crippen LogP) is 1.87. The van der Waals surface area contributed by atoms with Crippen LogP contribution in [0, 0.1) is 0 Å². The minimum atomic E-state index is -4.55. The van der Waals surface area contributed by atoms with Gasteiger partial charge in [0, 0.05) is 5.69 Å². The molecule has 0 unspecified atom stereocenters. The average Bonchev–Trinajstić information content (AvgIpc) is 2.29. The molecule has 1 rings (SSSR count). The Hall–Kier alpha value is -1.21. The second-order valence-corrected chi connectivity index (χ2v) is 6.41. The zero-order valence-electron chi connectivity index (χ0n) is 10.0. The van der Waals surface area contributed by atoms with Crippen molar-refractivity contribution in [2.75, 3.05) is 11.9 Å². The van der Waals surface area contributed by atoms with Crippen LogP contribution in [0.5, 0.6) is 0 Å². The van der Waals surface area contributed by atoms with Gasteiger partial charge in [0.05, 0.1) is 17.0 Å². The molecule has 0 saturated heterocycles. The maximum atomic E-state index is 12.3. The van der Waals surface area contributed by atoms with Crippen LogP contribution in [0.2, 0.25) is 0 Å². The van der Waals surface area contributed by atoms with Crippen LogP contribution in [0.1, 0.15) is 13.8 Å². The van der Waals surface area contributed by atoms with Crippen molar-refractivity contribution in [3.8, 4) is 0 Å². The lowest BCUT2D eigenvalue weighted by molar-refractivity contribution is 0.234. The first-order chi connectivity index (χ1) is 8.19. The lowest BCUT2D eigenvalue weighted by atomic mass is 10.1. The Labute approximate surface area is 105 Å². The van der Waals surface area contributed by atoms with Crippen LogP contribution in [0.15, 0.2) is 29.2 Å². The molecule has 2 N–H and O–H groups in total. The minimum absolute atomic E-state index is 0.121. The lowest BCUT2D eigenvalue weighted by Gasteiger charge is -2.24. The topological polar surface area (TPSA) is 66.4 Å². The van der Waals surface area contributed by atoms with Crippen molar-refractivity contribution in [2.24, 2.45) is 0 Å². The smallest absolute Gasteiger partial charge is 0.341 e. The molecule has 102 valence electrons. The fourth-order valence-electron chi connectivity index (χ4n) is 1.26. The van der Waals surface area contributed by atoms with Crippen molar-refractivity contribution in [3.63, 3.8) is 0 Å². The molecule has 4 nitrogen and oxygen atoms in total. The number of halogens is 2. The molecule has 0 fully saturated rings. The first kappa shape index (κ1) is 14.8. The van der Waals surface area contributed by atoms with Gasteiger partial charge in [0.25, 0.3) is 0 Å². The number of sulfone groups is 1. The number of rotatable bonds is 5. The summed E-state index contributed by atoms with van der Waals surface area (Å²) >= 11 is 0. The number of aliphatic hydroxyl groups excluding tert-OH is 1. The van der Waals surface area contributed by atoms with Crippen LogP contribution in [-0.2, 0) is 9.84 Å². The van der Waals surface area contributed by atoms with Crippen LogP contribution in [0.3, 0.4) is 0 Å². The second-order valence-electron chi connectivity index (χ2n) is 4.50. The van der Waals surface area contributed by atoms with E-state index in [1.807, 2.05) is 0 Å². The number of hydrogen-bond acceptors (Lipinski definition) is 4. The molecule has 0 aliphatic heterocycles. The number of benzene rings is 1. The van der Waals surface area contributed by atoms with E-state index in [2.05, 4.69) is 5.32 Å². The van der Waals surface area contributed by atoms with Gasteiger partial charge < -0.3 is 10.4 Å². The van der Waals surface area contributed by atoms with E-state index in [0.29, 0.717) is 5.69 Å². The number of hydrogen-bond donors (Lipinski definition) is 2. The molecule has 18 heavy (non-hydrogen) atoms. The highest BCUT2D eigenvalue weighted by atomic mass is 32.2. The van der Waals surface area contributed by atoms with Gasteiger partial charge in [-0.25, -0.2) is 8.42 Å². The van der Waals surface area contributed by atoms with Gasteiger partial charge in [-0.15, -0.1) is 0 Å². The summed E-state index contributed by atoms with van der Waals surface area (Å²) < 4.78 is 46.9. The van der Waals surface area contributed by atoms with Gasteiger partial charge in [-0.05, 0) is 38.1 Å². The van der Waals surface area contributed by atoms with E-state index in [-0.39, 0.29) is 6.61 Å². The molecule has 0 atom stereocenters. The minimum Gasteiger partial charge on any atom is -0.394 e. The van der Waals surface area contributed by atoms with Crippen molar-refractivity contribution >= 4 is 15.5 Å². The second kappa shape index (κ2) is 5.19. The van der Waals surface area contributed by atoms with Crippen molar-refractivity contribution in [1.29, 1.82) is 0 Å². The third-order valence-electron chi connectivity index (χ3n) is 2.30. The Morgan fingerprint density at radius 1 is 1.28 bits per heavy atom. The highest BCUT2D eigenvalue weighted by Gasteiger charge is 2.26. The van der Waals surface area contributed by atoms with Crippen molar-refractivity contribution in [2.45, 2.75) is 30.0 Å². The number of alkyl halides is 2. The van der Waals surface area contributed by atoms with Gasteiger partial charge in [0.15, 0.2) is 0 Å². The standard InChI is InChI=1S/C11H15F2NO3S/c1-11(2,7-15)14-8-3-5-9(6-4-8)18(16,17)10(12)13/h3-6,10,14-15H,7H2,1-2H3. The summed E-state index contributed by atoms with van der Waals surface area (Å²) in [6.45, 7) is 3.37. The Morgan fingerprint density at radius 2 is 1.78 bits per heavy atom. The Morgan fingerprint density at radius 3 is 2.17 bits per heavy atom. The van der Waals surface area contributed by atoms with E-state index in [1.165, 1.54) is 12.1 Å². The first-order valence-corrected chi connectivity index (χ1v) is 6.75. The van der Waals surface area contributed by atoms with Crippen LogP contribution in [-0.4, -0.2) is 31.4 Å². The third kappa shape index (κ3) is 3.39. The molecular weight excluding hydrogens is 264 g/mol. The lowest BCUT2D eigenvalue weighted by Crippen LogP contribution is -2.34. The summed E-state index contributed by atoms with van der Waals surface area (Å²) in [5.74, 6) is -3.43. The molecule has 0 saturated carbocycles. The van der Waals surface area contributed by atoms with Gasteiger partial charge in [-0.1, -0.05) is 0 Å². The summed E-state index contributed by atoms with van der Waals surface area (Å²) in [6.07, 6.45) is 0. The maximum Gasteiger partial charge on any atom is 0.341 e. The number of aliphatic hydroxyl groups is 1. The first-order valence-electron chi connectivity index (χ1n) is 5.20. The molecule has 0 aromatic heterocycles. The van der Waals surface area contributed by atoms with Gasteiger partial charge >= 0.3 is 5.76 Å². The van der Waals surface area contributed by atoms with Crippen molar-refractivity contribution < 1.29 is 22.3 Å². The summed E-state index contributed by atoms with van der Waals surface area (Å²) in [7, 11) is -4.55. The molecule has 0 bridgehead atoms. The van der Waals surface area contributed by atoms with E-state index in [0.717, 1.165) is 12.1 Å². The summed E-state index contributed by atoms with van der Waals surface area (Å²) in [6, 6.07) is 4.98. The van der Waals surface area contributed by atoms with Gasteiger partial charge in [0.2, 0.25) is 9.84 Å². The zero-order valence-corrected chi connectivity index (χ0v) is 10.8. The van der Waals surface area contributed by atoms with E-state index in [9.17, 15) is 17.2 Å². The Kier molecular flexibility index (Phi) is 4.28. The average molecular weight is 279 g/mol. The number of anilines is 1. The largest absolute Gasteiger partial charge is 0.394 e. The molecule has 7 heteroatoms. The SMILES string of the molecule is CC(C)(CO)Nc1ccc(S(=O)(=O)C(F)F)cc1. The quantitative estimate of drug-likeness (QED) is 0.863. The molecule has 0 aliphatic carbocycles. The van der Waals surface area contributed by atoms with Crippen LogP contribution < -0.4 is 5.32 Å². The molecule has 0 heterocycles. The Bertz CT molecular complexity index is 498. The maximum absolute atomic E-state index is 12.3. The van der Waals surface area contributed by atoms with Crippen LogP contribution in [0.25, 0.3) is 0 Å². The normalized spacial score (nSPS) is 12.8. The third-order valence-corrected chi connectivity index (χ3v) is 3.69. The van der Waals surface area contributed by atoms with Crippen LogP contribution >= 0.6 is 0 Å². The fourth-order valence-corrected chi connectivity index (χ4v) is 1.98. The van der Waals surface area contributed by atoms with E-state index in [4.69, 9.17) is 5.11 Å². The van der Waals surface area contributed by atoms with E-state index >= 15 is 0 Å². The molecule has 0 spiro atoms. The molecule has 0 radical (unpaired) electrons. The monoisotopic (exact) mass is 279 g/mol. The highest BCUT2D eigenvalue weighted by molar-refractivity contribution is 7.91. The molecule has 0 aliphatic rings. The molecule has 0 amide bonds. The number of nitrogens with one attached hydrogen (secondary N) is 1. The van der Waals surface area contributed by atoms with Gasteiger partial charge in [-0.2, -0.15) is 8.78 Å². The molecule has 1 aromatic rings. The molecule has 1 aromatic carbocycles. The summed E-state index contributed by atoms with van der Waals surface area (Å²) in [4.78, 5) is -0.426.